The molecule has 0 radical (unpaired) electrons. The van der Waals surface area contributed by atoms with Gasteiger partial charge in [0.15, 0.2) is 0 Å². The number of hydrogen-bond donors (Lipinski definition) is 1. The first-order valence-corrected chi connectivity index (χ1v) is 9.73. The van der Waals surface area contributed by atoms with Gasteiger partial charge in [-0.25, -0.2) is 0 Å². The summed E-state index contributed by atoms with van der Waals surface area (Å²) in [6.07, 6.45) is 0.722. The van der Waals surface area contributed by atoms with E-state index in [2.05, 4.69) is 34.6 Å². The van der Waals surface area contributed by atoms with Gasteiger partial charge in [0.05, 0.1) is 19.4 Å². The van der Waals surface area contributed by atoms with Crippen molar-refractivity contribution in [2.45, 2.75) is 24.7 Å². The maximum atomic E-state index is 11.9. The smallest absolute Gasteiger partial charge is 0.322 e. The number of thioether (sulfide) groups is 1. The number of nitrogens with zero attached hydrogens (tertiary/aromatic N) is 2. The number of aromatic nitrogens is 2. The molecule has 0 aliphatic rings. The van der Waals surface area contributed by atoms with Crippen LogP contribution in [-0.2, 0) is 11.2 Å². The van der Waals surface area contributed by atoms with Gasteiger partial charge in [0.1, 0.15) is 5.75 Å². The van der Waals surface area contributed by atoms with Crippen LogP contribution in [0.15, 0.2) is 63.9 Å². The van der Waals surface area contributed by atoms with Crippen molar-refractivity contribution in [1.82, 2.24) is 10.2 Å². The fraction of sp³-hybridized carbons (Fsp3) is 0.250. The normalized spacial score (nSPS) is 10.6. The third-order valence-corrected chi connectivity index (χ3v) is 4.54. The highest BCUT2D eigenvalue weighted by molar-refractivity contribution is 7.99. The van der Waals surface area contributed by atoms with Gasteiger partial charge >= 0.3 is 6.01 Å². The number of ether oxygens (including phenoxy) is 1. The predicted molar refractivity (Wildman–Crippen MR) is 105 cm³/mol. The molecule has 1 amide bonds. The van der Waals surface area contributed by atoms with E-state index in [1.54, 1.807) is 11.8 Å². The number of rotatable bonds is 9. The molecule has 0 bridgehead atoms. The van der Waals surface area contributed by atoms with Gasteiger partial charge in [-0.15, -0.1) is 16.9 Å². The molecular weight excluding hydrogens is 362 g/mol. The summed E-state index contributed by atoms with van der Waals surface area (Å²) in [5, 5.41) is 10.5. The molecule has 3 aromatic rings. The van der Waals surface area contributed by atoms with E-state index in [9.17, 15) is 4.79 Å². The Balaban J connectivity index is 1.45. The summed E-state index contributed by atoms with van der Waals surface area (Å²) >= 11 is 1.80. The molecule has 27 heavy (non-hydrogen) atoms. The Morgan fingerprint density at radius 1 is 1.11 bits per heavy atom. The lowest BCUT2D eigenvalue weighted by Crippen LogP contribution is -2.15. The molecule has 1 heterocycles. The summed E-state index contributed by atoms with van der Waals surface area (Å²) in [7, 11) is 0. The molecule has 0 aliphatic carbocycles. The van der Waals surface area contributed by atoms with E-state index < -0.39 is 0 Å². The monoisotopic (exact) mass is 383 g/mol. The van der Waals surface area contributed by atoms with E-state index in [-0.39, 0.29) is 24.9 Å². The molecule has 7 heteroatoms. The first-order chi connectivity index (χ1) is 13.2. The molecule has 0 fully saturated rings. The second-order valence-electron chi connectivity index (χ2n) is 5.71. The van der Waals surface area contributed by atoms with Gasteiger partial charge < -0.3 is 9.15 Å². The van der Waals surface area contributed by atoms with Gasteiger partial charge in [0.2, 0.25) is 11.8 Å². The molecule has 6 nitrogen and oxygen atoms in total. The molecule has 140 valence electrons. The summed E-state index contributed by atoms with van der Waals surface area (Å²) in [4.78, 5) is 13.2. The van der Waals surface area contributed by atoms with Crippen molar-refractivity contribution in [2.24, 2.45) is 0 Å². The summed E-state index contributed by atoms with van der Waals surface area (Å²) < 4.78 is 11.0. The fourth-order valence-electron chi connectivity index (χ4n) is 2.38. The van der Waals surface area contributed by atoms with Gasteiger partial charge in [-0.3, -0.25) is 10.1 Å². The molecule has 1 aromatic heterocycles. The third-order valence-electron chi connectivity index (χ3n) is 3.64. The van der Waals surface area contributed by atoms with E-state index >= 15 is 0 Å². The topological polar surface area (TPSA) is 77.2 Å². The van der Waals surface area contributed by atoms with Crippen LogP contribution < -0.4 is 10.1 Å². The fourth-order valence-corrected chi connectivity index (χ4v) is 3.04. The third kappa shape index (κ3) is 6.14. The van der Waals surface area contributed by atoms with Crippen LogP contribution >= 0.6 is 11.8 Å². The highest BCUT2D eigenvalue weighted by atomic mass is 32.2. The van der Waals surface area contributed by atoms with E-state index in [1.807, 2.05) is 42.5 Å². The van der Waals surface area contributed by atoms with Crippen LogP contribution in [0.25, 0.3) is 0 Å². The predicted octanol–water partition coefficient (Wildman–Crippen LogP) is 4.18. The number of benzene rings is 2. The maximum Gasteiger partial charge on any atom is 0.322 e. The Bertz CT molecular complexity index is 850. The number of carbonyl (C=O) groups is 1. The highest BCUT2D eigenvalue weighted by Gasteiger charge is 2.10. The van der Waals surface area contributed by atoms with E-state index in [1.165, 1.54) is 4.90 Å². The number of amides is 1. The molecule has 0 atom stereocenters. The molecule has 0 spiro atoms. The second-order valence-corrected chi connectivity index (χ2v) is 7.05. The molecule has 2 aromatic carbocycles. The average molecular weight is 383 g/mol. The molecule has 3 rings (SSSR count). The van der Waals surface area contributed by atoms with Crippen molar-refractivity contribution in [1.29, 1.82) is 0 Å². The largest absolute Gasteiger partial charge is 0.493 e. The van der Waals surface area contributed by atoms with Crippen LogP contribution in [0.5, 0.6) is 5.75 Å². The number of anilines is 1. The van der Waals surface area contributed by atoms with Crippen LogP contribution in [0, 0.1) is 0 Å². The van der Waals surface area contributed by atoms with Crippen LogP contribution in [0.3, 0.4) is 0 Å². The van der Waals surface area contributed by atoms with Crippen LogP contribution in [-0.4, -0.2) is 28.5 Å². The summed E-state index contributed by atoms with van der Waals surface area (Å²) in [6, 6.07) is 17.7. The summed E-state index contributed by atoms with van der Waals surface area (Å²) in [5.41, 5.74) is 1.08. The van der Waals surface area contributed by atoms with E-state index in [0.717, 1.165) is 17.1 Å². The van der Waals surface area contributed by atoms with Crippen molar-refractivity contribution in [2.75, 3.05) is 17.7 Å². The van der Waals surface area contributed by atoms with Crippen molar-refractivity contribution >= 4 is 23.7 Å². The standard InChI is InChI=1S/C20H21N3O3S/c1-2-27-17-10-8-15(9-11-17)14-19-22-23-20(26-19)21-18(24)12-13-25-16-6-4-3-5-7-16/h3-11H,2,12-14H2,1H3,(H,21,23,24). The van der Waals surface area contributed by atoms with Gasteiger partial charge in [-0.1, -0.05) is 42.4 Å². The van der Waals surface area contributed by atoms with Crippen molar-refractivity contribution in [3.63, 3.8) is 0 Å². The van der Waals surface area contributed by atoms with Crippen molar-refractivity contribution < 1.29 is 13.9 Å². The summed E-state index contributed by atoms with van der Waals surface area (Å²) in [6.45, 7) is 2.40. The SMILES string of the molecule is CCSc1ccc(Cc2nnc(NC(=O)CCOc3ccccc3)o2)cc1. The molecule has 0 saturated carbocycles. The van der Waals surface area contributed by atoms with Gasteiger partial charge in [-0.2, -0.15) is 0 Å². The first-order valence-electron chi connectivity index (χ1n) is 8.75. The minimum absolute atomic E-state index is 0.105. The lowest BCUT2D eigenvalue weighted by molar-refractivity contribution is -0.116. The average Bonchev–Trinajstić information content (AvgIpc) is 3.11. The first kappa shape index (κ1) is 19.0. The Morgan fingerprint density at radius 2 is 1.89 bits per heavy atom. The zero-order valence-corrected chi connectivity index (χ0v) is 15.9. The Hall–Kier alpha value is -2.80. The number of nitrogens with one attached hydrogen (secondary N) is 1. The maximum absolute atomic E-state index is 11.9. The number of para-hydroxylation sites is 1. The van der Waals surface area contributed by atoms with Crippen LogP contribution in [0.1, 0.15) is 24.8 Å². The Kier molecular flexibility index (Phi) is 6.87. The zero-order valence-electron chi connectivity index (χ0n) is 15.1. The lowest BCUT2D eigenvalue weighted by Gasteiger charge is -2.05. The van der Waals surface area contributed by atoms with E-state index in [4.69, 9.17) is 9.15 Å². The van der Waals surface area contributed by atoms with Crippen molar-refractivity contribution in [3.8, 4) is 5.75 Å². The second kappa shape index (κ2) is 9.78. The van der Waals surface area contributed by atoms with Gasteiger partial charge in [0.25, 0.3) is 0 Å². The molecular formula is C20H21N3O3S. The van der Waals surface area contributed by atoms with Crippen molar-refractivity contribution in [3.05, 3.63) is 66.1 Å². The highest BCUT2D eigenvalue weighted by Crippen LogP contribution is 2.19. The molecule has 1 N–H and O–H groups in total. The summed E-state index contributed by atoms with van der Waals surface area (Å²) in [5.74, 6) is 2.00. The Labute approximate surface area is 162 Å². The van der Waals surface area contributed by atoms with Crippen LogP contribution in [0.4, 0.5) is 6.01 Å². The lowest BCUT2D eigenvalue weighted by atomic mass is 10.1. The van der Waals surface area contributed by atoms with Gasteiger partial charge in [0, 0.05) is 4.90 Å². The quantitative estimate of drug-likeness (QED) is 0.559. The molecule has 0 unspecified atom stereocenters. The number of hydrogen-bond acceptors (Lipinski definition) is 6. The number of carbonyl (C=O) groups excluding carboxylic acids is 1. The molecule has 0 saturated heterocycles. The van der Waals surface area contributed by atoms with Crippen LogP contribution in [0.2, 0.25) is 0 Å². The Morgan fingerprint density at radius 3 is 2.63 bits per heavy atom. The molecule has 0 aliphatic heterocycles. The van der Waals surface area contributed by atoms with E-state index in [0.29, 0.717) is 12.3 Å². The minimum Gasteiger partial charge on any atom is -0.493 e. The van der Waals surface area contributed by atoms with Gasteiger partial charge in [-0.05, 0) is 35.6 Å². The minimum atomic E-state index is -0.234. The zero-order chi connectivity index (χ0) is 18.9.